The Morgan fingerprint density at radius 3 is 2.35 bits per heavy atom. The van der Waals surface area contributed by atoms with Gasteiger partial charge in [-0.2, -0.15) is 0 Å². The molecule has 0 radical (unpaired) electrons. The van der Waals surface area contributed by atoms with Crippen LogP contribution in [0.3, 0.4) is 0 Å². The van der Waals surface area contributed by atoms with Crippen LogP contribution in [0.5, 0.6) is 0 Å². The Bertz CT molecular complexity index is 315. The van der Waals surface area contributed by atoms with Crippen molar-refractivity contribution in [3.8, 4) is 0 Å². The molecule has 7 heteroatoms. The van der Waals surface area contributed by atoms with Crippen LogP contribution in [0.1, 0.15) is 26.7 Å². The third-order valence-corrected chi connectivity index (χ3v) is 2.60. The van der Waals surface area contributed by atoms with E-state index in [0.29, 0.717) is 32.5 Å². The minimum absolute atomic E-state index is 0.0294. The van der Waals surface area contributed by atoms with Crippen LogP contribution in [0.25, 0.3) is 0 Å². The number of hydrogen-bond donors (Lipinski definition) is 3. The van der Waals surface area contributed by atoms with Crippen molar-refractivity contribution in [3.63, 3.8) is 0 Å². The van der Waals surface area contributed by atoms with Crippen molar-refractivity contribution in [1.29, 1.82) is 0 Å². The van der Waals surface area contributed by atoms with Crippen LogP contribution in [-0.4, -0.2) is 46.3 Å². The van der Waals surface area contributed by atoms with E-state index in [1.54, 1.807) is 0 Å². The van der Waals surface area contributed by atoms with E-state index in [0.717, 1.165) is 6.26 Å². The molecular weight excluding hydrogens is 242 g/mol. The highest BCUT2D eigenvalue weighted by Gasteiger charge is 2.02. The van der Waals surface area contributed by atoms with E-state index in [2.05, 4.69) is 15.4 Å². The van der Waals surface area contributed by atoms with Gasteiger partial charge in [0, 0.05) is 25.6 Å². The van der Waals surface area contributed by atoms with Crippen LogP contribution in [-0.2, 0) is 14.8 Å². The van der Waals surface area contributed by atoms with Gasteiger partial charge < -0.3 is 10.6 Å². The Balaban J connectivity index is 3.33. The molecule has 17 heavy (non-hydrogen) atoms. The minimum atomic E-state index is -3.09. The van der Waals surface area contributed by atoms with Gasteiger partial charge in [0.25, 0.3) is 0 Å². The molecule has 0 aromatic carbocycles. The van der Waals surface area contributed by atoms with E-state index in [-0.39, 0.29) is 11.9 Å². The van der Waals surface area contributed by atoms with E-state index in [9.17, 15) is 13.2 Å². The number of hydrogen-bond acceptors (Lipinski definition) is 4. The van der Waals surface area contributed by atoms with Crippen molar-refractivity contribution in [2.75, 3.05) is 25.9 Å². The van der Waals surface area contributed by atoms with E-state index in [1.807, 2.05) is 13.8 Å². The topological polar surface area (TPSA) is 87.3 Å². The summed E-state index contributed by atoms with van der Waals surface area (Å²) in [5, 5.41) is 5.87. The van der Waals surface area contributed by atoms with E-state index >= 15 is 0 Å². The van der Waals surface area contributed by atoms with Gasteiger partial charge >= 0.3 is 0 Å². The average molecular weight is 265 g/mol. The zero-order valence-electron chi connectivity index (χ0n) is 10.7. The van der Waals surface area contributed by atoms with Crippen molar-refractivity contribution in [2.24, 2.45) is 0 Å². The molecule has 0 rings (SSSR count). The lowest BCUT2D eigenvalue weighted by Gasteiger charge is -2.08. The molecule has 0 aliphatic rings. The largest absolute Gasteiger partial charge is 0.354 e. The summed E-state index contributed by atoms with van der Waals surface area (Å²) in [4.78, 5) is 11.2. The van der Waals surface area contributed by atoms with E-state index in [4.69, 9.17) is 0 Å². The predicted molar refractivity (Wildman–Crippen MR) is 68.2 cm³/mol. The Morgan fingerprint density at radius 1 is 1.18 bits per heavy atom. The van der Waals surface area contributed by atoms with Gasteiger partial charge in [-0.15, -0.1) is 0 Å². The first kappa shape index (κ1) is 16.3. The Labute approximate surface area is 104 Å². The second-order valence-electron chi connectivity index (χ2n) is 4.24. The number of carbonyl (C=O) groups excluding carboxylic acids is 1. The summed E-state index contributed by atoms with van der Waals surface area (Å²) in [6.07, 6.45) is 2.28. The summed E-state index contributed by atoms with van der Waals surface area (Å²) in [7, 11) is -3.09. The monoisotopic (exact) mass is 265 g/mol. The molecule has 0 aliphatic carbocycles. The fourth-order valence-electron chi connectivity index (χ4n) is 1.19. The number of rotatable bonds is 9. The summed E-state index contributed by atoms with van der Waals surface area (Å²) in [5.41, 5.74) is 0. The summed E-state index contributed by atoms with van der Waals surface area (Å²) in [5.74, 6) is 0.0294. The maximum absolute atomic E-state index is 11.2. The summed E-state index contributed by atoms with van der Waals surface area (Å²) in [6.45, 7) is 5.56. The molecule has 6 nitrogen and oxygen atoms in total. The van der Waals surface area contributed by atoms with Crippen molar-refractivity contribution >= 4 is 15.9 Å². The molecule has 0 aromatic heterocycles. The third-order valence-electron chi connectivity index (χ3n) is 1.87. The van der Waals surface area contributed by atoms with Gasteiger partial charge in [0.05, 0.1) is 6.26 Å². The van der Waals surface area contributed by atoms with Crippen LogP contribution in [0.2, 0.25) is 0 Å². The first-order chi connectivity index (χ1) is 7.81. The fraction of sp³-hybridized carbons (Fsp3) is 0.900. The Hall–Kier alpha value is -0.660. The van der Waals surface area contributed by atoms with Gasteiger partial charge in [-0.25, -0.2) is 13.1 Å². The van der Waals surface area contributed by atoms with Gasteiger partial charge in [0.2, 0.25) is 15.9 Å². The zero-order chi connectivity index (χ0) is 13.3. The van der Waals surface area contributed by atoms with Crippen LogP contribution in [0, 0.1) is 0 Å². The maximum atomic E-state index is 11.2. The number of sulfonamides is 1. The van der Waals surface area contributed by atoms with Gasteiger partial charge in [-0.05, 0) is 26.8 Å². The van der Waals surface area contributed by atoms with Crippen LogP contribution < -0.4 is 15.4 Å². The molecule has 0 saturated heterocycles. The smallest absolute Gasteiger partial charge is 0.221 e. The molecule has 3 N–H and O–H groups in total. The second-order valence-corrected chi connectivity index (χ2v) is 6.08. The molecule has 0 unspecified atom stereocenters. The van der Waals surface area contributed by atoms with Crippen molar-refractivity contribution in [1.82, 2.24) is 15.4 Å². The van der Waals surface area contributed by atoms with Crippen molar-refractivity contribution in [2.45, 2.75) is 32.7 Å². The molecular formula is C10H23N3O3S. The van der Waals surface area contributed by atoms with Crippen molar-refractivity contribution in [3.05, 3.63) is 0 Å². The molecule has 102 valence electrons. The fourth-order valence-corrected chi connectivity index (χ4v) is 1.71. The van der Waals surface area contributed by atoms with Crippen LogP contribution in [0.15, 0.2) is 0 Å². The second kappa shape index (κ2) is 8.43. The molecule has 0 aliphatic heterocycles. The van der Waals surface area contributed by atoms with Gasteiger partial charge in [0.1, 0.15) is 0 Å². The zero-order valence-corrected chi connectivity index (χ0v) is 11.6. The predicted octanol–water partition coefficient (Wildman–Crippen LogP) is -0.570. The van der Waals surface area contributed by atoms with Crippen LogP contribution >= 0.6 is 0 Å². The molecule has 0 fully saturated rings. The first-order valence-electron chi connectivity index (χ1n) is 5.76. The lowest BCUT2D eigenvalue weighted by atomic mass is 10.3. The molecule has 0 aromatic rings. The SMILES string of the molecule is CC(C)NC(=O)CCNCCCNS(C)(=O)=O. The van der Waals surface area contributed by atoms with Gasteiger partial charge in [-0.1, -0.05) is 0 Å². The molecule has 0 saturated carbocycles. The van der Waals surface area contributed by atoms with E-state index in [1.165, 1.54) is 0 Å². The van der Waals surface area contributed by atoms with Crippen LogP contribution in [0.4, 0.5) is 0 Å². The quantitative estimate of drug-likeness (QED) is 0.487. The summed E-state index contributed by atoms with van der Waals surface area (Å²) in [6, 6.07) is 0.168. The summed E-state index contributed by atoms with van der Waals surface area (Å²) < 4.78 is 23.9. The number of carbonyl (C=O) groups is 1. The van der Waals surface area contributed by atoms with Gasteiger partial charge in [0.15, 0.2) is 0 Å². The highest BCUT2D eigenvalue weighted by atomic mass is 32.2. The Morgan fingerprint density at radius 2 is 1.82 bits per heavy atom. The molecule has 1 amide bonds. The molecule has 0 heterocycles. The minimum Gasteiger partial charge on any atom is -0.354 e. The normalized spacial score (nSPS) is 11.8. The lowest BCUT2D eigenvalue weighted by molar-refractivity contribution is -0.121. The number of amides is 1. The Kier molecular flexibility index (Phi) is 8.11. The van der Waals surface area contributed by atoms with Crippen molar-refractivity contribution < 1.29 is 13.2 Å². The average Bonchev–Trinajstić information content (AvgIpc) is 2.13. The lowest BCUT2D eigenvalue weighted by Crippen LogP contribution is -2.33. The highest BCUT2D eigenvalue weighted by molar-refractivity contribution is 7.88. The van der Waals surface area contributed by atoms with E-state index < -0.39 is 10.0 Å². The molecule has 0 spiro atoms. The summed E-state index contributed by atoms with van der Waals surface area (Å²) >= 11 is 0. The highest BCUT2D eigenvalue weighted by Crippen LogP contribution is 1.83. The van der Waals surface area contributed by atoms with Gasteiger partial charge in [-0.3, -0.25) is 4.79 Å². The standard InChI is InChI=1S/C10H23N3O3S/c1-9(2)13-10(14)5-8-11-6-4-7-12-17(3,15)16/h9,11-12H,4-8H2,1-3H3,(H,13,14). The number of nitrogens with one attached hydrogen (secondary N) is 3. The maximum Gasteiger partial charge on any atom is 0.221 e. The molecule has 0 atom stereocenters. The first-order valence-corrected chi connectivity index (χ1v) is 7.65. The molecule has 0 bridgehead atoms. The third kappa shape index (κ3) is 13.3.